The van der Waals surface area contributed by atoms with Crippen molar-refractivity contribution < 1.29 is 29.0 Å². The van der Waals surface area contributed by atoms with Gasteiger partial charge in [0, 0.05) is 30.5 Å². The summed E-state index contributed by atoms with van der Waals surface area (Å²) in [5.41, 5.74) is 1.12. The molecule has 0 bridgehead atoms. The standard InChI is InChI=1S/C33H43N3O6/c1-5-7-21-22-15-23(22)27(30(38)35-18-32(2)10-6-11-32)28(21)36-29(37)24-16-25(19(17-34)14-26(24)41-4)42-20-8-12-33(3,13-9-20)31(39)40/h14-16,20-21,23,27-28H,5-13,18H2,1-4H3,(H,35,38)(H,36,37)(H,39,40)/t20-,21-,23-,27-,28+,33+/m0/s1. The molecule has 42 heavy (non-hydrogen) atoms. The second-order valence-corrected chi connectivity index (χ2v) is 13.3. The summed E-state index contributed by atoms with van der Waals surface area (Å²) in [6.45, 7) is 6.72. The number of hydrogen-bond donors (Lipinski definition) is 3. The first kappa shape index (κ1) is 29.9. The van der Waals surface area contributed by atoms with Crippen LogP contribution in [0.5, 0.6) is 11.5 Å². The number of carbonyl (C=O) groups is 3. The fraction of sp³-hybridized carbons (Fsp3) is 0.636. The van der Waals surface area contributed by atoms with Crippen LogP contribution >= 0.6 is 0 Å². The molecule has 4 aliphatic carbocycles. The maximum Gasteiger partial charge on any atom is 0.309 e. The van der Waals surface area contributed by atoms with Crippen LogP contribution in [0.1, 0.15) is 94.5 Å². The van der Waals surface area contributed by atoms with Gasteiger partial charge in [-0.15, -0.1) is 0 Å². The van der Waals surface area contributed by atoms with Crippen molar-refractivity contribution >= 4 is 17.8 Å². The van der Waals surface area contributed by atoms with Crippen molar-refractivity contribution in [2.24, 2.45) is 28.6 Å². The predicted molar refractivity (Wildman–Crippen MR) is 156 cm³/mol. The van der Waals surface area contributed by atoms with Crippen LogP contribution < -0.4 is 20.1 Å². The Balaban J connectivity index is 1.34. The molecule has 1 aromatic carbocycles. The number of amides is 2. The molecule has 5 rings (SSSR count). The average Bonchev–Trinajstić information content (AvgIpc) is 3.68. The molecule has 3 fully saturated rings. The van der Waals surface area contributed by atoms with Crippen LogP contribution in [0.2, 0.25) is 0 Å². The molecule has 2 amide bonds. The topological polar surface area (TPSA) is 138 Å². The average molecular weight is 578 g/mol. The largest absolute Gasteiger partial charge is 0.496 e. The Morgan fingerprint density at radius 1 is 1.12 bits per heavy atom. The Labute approximate surface area is 248 Å². The van der Waals surface area contributed by atoms with Crippen molar-refractivity contribution in [3.05, 3.63) is 34.9 Å². The molecule has 0 radical (unpaired) electrons. The minimum atomic E-state index is -0.812. The number of hydrogen-bond acceptors (Lipinski definition) is 6. The van der Waals surface area contributed by atoms with Crippen molar-refractivity contribution in [2.75, 3.05) is 13.7 Å². The lowest BCUT2D eigenvalue weighted by atomic mass is 9.70. The lowest BCUT2D eigenvalue weighted by molar-refractivity contribution is -0.150. The summed E-state index contributed by atoms with van der Waals surface area (Å²) < 4.78 is 11.7. The number of ether oxygens (including phenoxy) is 2. The van der Waals surface area contributed by atoms with Crippen LogP contribution in [0.3, 0.4) is 0 Å². The second-order valence-electron chi connectivity index (χ2n) is 13.3. The molecular formula is C33H43N3O6. The van der Waals surface area contributed by atoms with Crippen LogP contribution in [0.4, 0.5) is 0 Å². The fourth-order valence-electron chi connectivity index (χ4n) is 7.13. The predicted octanol–water partition coefficient (Wildman–Crippen LogP) is 4.99. The van der Waals surface area contributed by atoms with E-state index in [2.05, 4.69) is 36.6 Å². The number of nitrogens with zero attached hydrogens (tertiary/aromatic N) is 1. The molecule has 226 valence electrons. The Kier molecular flexibility index (Phi) is 8.28. The minimum absolute atomic E-state index is 0.00949. The third-order valence-corrected chi connectivity index (χ3v) is 10.2. The number of carbonyl (C=O) groups excluding carboxylic acids is 2. The summed E-state index contributed by atoms with van der Waals surface area (Å²) >= 11 is 0. The number of benzene rings is 1. The van der Waals surface area contributed by atoms with Gasteiger partial charge in [-0.2, -0.15) is 5.26 Å². The van der Waals surface area contributed by atoms with E-state index in [4.69, 9.17) is 9.47 Å². The summed E-state index contributed by atoms with van der Waals surface area (Å²) in [5, 5.41) is 25.8. The molecule has 0 heterocycles. The third-order valence-electron chi connectivity index (χ3n) is 10.2. The number of methoxy groups -OCH3 is 1. The lowest BCUT2D eigenvalue weighted by Crippen LogP contribution is -2.50. The van der Waals surface area contributed by atoms with Gasteiger partial charge in [-0.05, 0) is 63.4 Å². The van der Waals surface area contributed by atoms with Gasteiger partial charge in [0.15, 0.2) is 0 Å². The highest BCUT2D eigenvalue weighted by atomic mass is 16.5. The molecule has 4 atom stereocenters. The van der Waals surface area contributed by atoms with E-state index in [0.29, 0.717) is 32.2 Å². The zero-order valence-electron chi connectivity index (χ0n) is 25.1. The van der Waals surface area contributed by atoms with Gasteiger partial charge in [-0.25, -0.2) is 0 Å². The third kappa shape index (κ3) is 5.73. The number of carboxylic acid groups (broad SMARTS) is 1. The van der Waals surface area contributed by atoms with E-state index in [1.54, 1.807) is 13.0 Å². The molecule has 3 N–H and O–H groups in total. The monoisotopic (exact) mass is 577 g/mol. The molecule has 0 spiro atoms. The second kappa shape index (κ2) is 11.6. The highest BCUT2D eigenvalue weighted by Gasteiger charge is 2.55. The zero-order chi connectivity index (χ0) is 30.2. The van der Waals surface area contributed by atoms with E-state index in [1.807, 2.05) is 0 Å². The number of fused-ring (bicyclic) bond motifs is 1. The quantitative estimate of drug-likeness (QED) is 0.315. The van der Waals surface area contributed by atoms with Gasteiger partial charge in [-0.1, -0.05) is 38.3 Å². The van der Waals surface area contributed by atoms with Crippen molar-refractivity contribution in [3.8, 4) is 17.6 Å². The normalized spacial score (nSPS) is 30.5. The van der Waals surface area contributed by atoms with E-state index >= 15 is 0 Å². The van der Waals surface area contributed by atoms with Crippen LogP contribution in [0.25, 0.3) is 0 Å². The van der Waals surface area contributed by atoms with Crippen LogP contribution in [-0.2, 0) is 9.59 Å². The molecule has 0 aliphatic heterocycles. The van der Waals surface area contributed by atoms with Gasteiger partial charge in [0.25, 0.3) is 5.91 Å². The van der Waals surface area contributed by atoms with Gasteiger partial charge in [-0.3, -0.25) is 14.4 Å². The van der Waals surface area contributed by atoms with Gasteiger partial charge < -0.3 is 25.2 Å². The highest BCUT2D eigenvalue weighted by Crippen LogP contribution is 2.54. The molecular weight excluding hydrogens is 534 g/mol. The summed E-state index contributed by atoms with van der Waals surface area (Å²) in [6.07, 6.45) is 9.17. The lowest BCUT2D eigenvalue weighted by Gasteiger charge is -2.39. The van der Waals surface area contributed by atoms with E-state index in [-0.39, 0.29) is 69.8 Å². The van der Waals surface area contributed by atoms with Gasteiger partial charge in [0.1, 0.15) is 17.6 Å². The molecule has 0 saturated heterocycles. The number of carboxylic acids is 1. The first-order valence-electron chi connectivity index (χ1n) is 15.3. The number of aliphatic carboxylic acids is 1. The van der Waals surface area contributed by atoms with Crippen LogP contribution in [0.15, 0.2) is 23.8 Å². The van der Waals surface area contributed by atoms with Gasteiger partial charge in [0.05, 0.1) is 35.7 Å². The smallest absolute Gasteiger partial charge is 0.309 e. The molecule has 9 heteroatoms. The Morgan fingerprint density at radius 2 is 1.83 bits per heavy atom. The molecule has 3 saturated carbocycles. The van der Waals surface area contributed by atoms with Crippen molar-refractivity contribution in [3.63, 3.8) is 0 Å². The first-order chi connectivity index (χ1) is 20.0. The summed E-state index contributed by atoms with van der Waals surface area (Å²) in [6, 6.07) is 4.86. The highest BCUT2D eigenvalue weighted by molar-refractivity contribution is 5.98. The molecule has 4 aliphatic rings. The number of nitriles is 1. The van der Waals surface area contributed by atoms with E-state index in [0.717, 1.165) is 25.7 Å². The van der Waals surface area contributed by atoms with E-state index < -0.39 is 11.4 Å². The Hall–Kier alpha value is -3.54. The number of allylic oxidation sites excluding steroid dienone is 1. The van der Waals surface area contributed by atoms with Crippen LogP contribution in [-0.4, -0.2) is 48.7 Å². The minimum Gasteiger partial charge on any atom is -0.496 e. The summed E-state index contributed by atoms with van der Waals surface area (Å²) in [4.78, 5) is 39.0. The number of rotatable bonds is 11. The maximum absolute atomic E-state index is 13.9. The molecule has 0 aromatic heterocycles. The fourth-order valence-corrected chi connectivity index (χ4v) is 7.13. The van der Waals surface area contributed by atoms with Gasteiger partial charge >= 0.3 is 5.97 Å². The van der Waals surface area contributed by atoms with Crippen molar-refractivity contribution in [1.82, 2.24) is 10.6 Å². The Morgan fingerprint density at radius 3 is 2.40 bits per heavy atom. The molecule has 1 aromatic rings. The van der Waals surface area contributed by atoms with Crippen LogP contribution in [0, 0.1) is 39.9 Å². The van der Waals surface area contributed by atoms with E-state index in [1.165, 1.54) is 25.2 Å². The first-order valence-corrected chi connectivity index (χ1v) is 15.3. The zero-order valence-corrected chi connectivity index (χ0v) is 25.1. The summed E-state index contributed by atoms with van der Waals surface area (Å²) in [7, 11) is 1.45. The SMILES string of the molecule is CCC[C@H]1C2=C[C@@H]2[C@H](C(=O)NCC2(C)CCC2)[C@@H]1NC(=O)c1cc(O[C@H]2CC[C@@](C)(C(=O)O)CC2)c(C#N)cc1OC. The summed E-state index contributed by atoms with van der Waals surface area (Å²) in [5.74, 6) is -0.826. The molecule has 0 unspecified atom stereocenters. The maximum atomic E-state index is 13.9. The van der Waals surface area contributed by atoms with Crippen molar-refractivity contribution in [1.29, 1.82) is 5.26 Å². The number of nitrogens with one attached hydrogen (secondary N) is 2. The van der Waals surface area contributed by atoms with Crippen molar-refractivity contribution in [2.45, 2.75) is 90.7 Å². The Bertz CT molecular complexity index is 1320. The molecule has 9 nitrogen and oxygen atoms in total. The van der Waals surface area contributed by atoms with E-state index in [9.17, 15) is 24.8 Å². The van der Waals surface area contributed by atoms with Gasteiger partial charge in [0.2, 0.25) is 5.91 Å².